The fourth-order valence-electron chi connectivity index (χ4n) is 2.27. The smallest absolute Gasteiger partial charge is 0.0900 e. The third-order valence-electron chi connectivity index (χ3n) is 3.38. The van der Waals surface area contributed by atoms with Crippen LogP contribution >= 0.6 is 0 Å². The lowest BCUT2D eigenvalue weighted by Crippen LogP contribution is -2.47. The number of hydrogen-bond donors (Lipinski definition) is 2. The molecular weight excluding hydrogens is 228 g/mol. The van der Waals surface area contributed by atoms with E-state index in [1.165, 1.54) is 25.7 Å². The van der Waals surface area contributed by atoms with E-state index < -0.39 is 0 Å². The number of rotatable bonds is 10. The van der Waals surface area contributed by atoms with E-state index in [4.69, 9.17) is 4.74 Å². The second-order valence-electron chi connectivity index (χ2n) is 5.19. The number of nitrogens with zero attached hydrogens (tertiary/aromatic N) is 1. The van der Waals surface area contributed by atoms with Crippen molar-refractivity contribution in [1.29, 1.82) is 0 Å². The van der Waals surface area contributed by atoms with Gasteiger partial charge in [0, 0.05) is 39.3 Å². The molecule has 1 fully saturated rings. The maximum absolute atomic E-state index is 9.86. The second-order valence-corrected chi connectivity index (χ2v) is 5.19. The van der Waals surface area contributed by atoms with Crippen LogP contribution in [-0.4, -0.2) is 62.0 Å². The van der Waals surface area contributed by atoms with Gasteiger partial charge in [-0.15, -0.1) is 0 Å². The summed E-state index contributed by atoms with van der Waals surface area (Å²) in [6.45, 7) is 8.39. The Morgan fingerprint density at radius 2 is 1.89 bits per heavy atom. The minimum absolute atomic E-state index is 0.334. The van der Waals surface area contributed by atoms with Gasteiger partial charge in [-0.3, -0.25) is 4.90 Å². The summed E-state index contributed by atoms with van der Waals surface area (Å²) in [6.07, 6.45) is 5.96. The summed E-state index contributed by atoms with van der Waals surface area (Å²) >= 11 is 0. The lowest BCUT2D eigenvalue weighted by Gasteiger charge is -2.28. The molecule has 0 aromatic heterocycles. The van der Waals surface area contributed by atoms with Crippen molar-refractivity contribution in [2.45, 2.75) is 45.1 Å². The zero-order valence-corrected chi connectivity index (χ0v) is 11.9. The van der Waals surface area contributed by atoms with Crippen molar-refractivity contribution in [3.8, 4) is 0 Å². The highest BCUT2D eigenvalue weighted by Crippen LogP contribution is 2.03. The van der Waals surface area contributed by atoms with Crippen molar-refractivity contribution >= 4 is 0 Å². The Balaban J connectivity index is 1.88. The van der Waals surface area contributed by atoms with E-state index in [2.05, 4.69) is 17.1 Å². The maximum Gasteiger partial charge on any atom is 0.0900 e. The molecule has 0 spiro atoms. The number of nitrogens with one attached hydrogen (secondary N) is 1. The van der Waals surface area contributed by atoms with Crippen LogP contribution in [0, 0.1) is 0 Å². The molecule has 4 heteroatoms. The molecule has 1 saturated heterocycles. The predicted molar refractivity (Wildman–Crippen MR) is 74.9 cm³/mol. The first kappa shape index (κ1) is 15.9. The molecule has 1 rings (SSSR count). The Morgan fingerprint density at radius 1 is 1.17 bits per heavy atom. The molecule has 0 aliphatic carbocycles. The van der Waals surface area contributed by atoms with Crippen molar-refractivity contribution in [2.75, 3.05) is 45.9 Å². The molecule has 2 N–H and O–H groups in total. The summed E-state index contributed by atoms with van der Waals surface area (Å²) in [7, 11) is 0. The molecule has 4 nitrogen and oxygen atoms in total. The van der Waals surface area contributed by atoms with E-state index in [-0.39, 0.29) is 6.10 Å². The first-order valence-corrected chi connectivity index (χ1v) is 7.51. The Bertz CT molecular complexity index is 185. The van der Waals surface area contributed by atoms with Gasteiger partial charge in [-0.25, -0.2) is 0 Å². The third kappa shape index (κ3) is 8.03. The standard InChI is InChI=1S/C14H30N2O2/c1-2-3-4-5-6-11-18-13-14(17)12-16-9-7-15-8-10-16/h14-15,17H,2-13H2,1H3. The molecule has 0 saturated carbocycles. The molecule has 0 aromatic rings. The van der Waals surface area contributed by atoms with Gasteiger partial charge >= 0.3 is 0 Å². The van der Waals surface area contributed by atoms with E-state index in [9.17, 15) is 5.11 Å². The van der Waals surface area contributed by atoms with Gasteiger partial charge in [-0.2, -0.15) is 0 Å². The number of aliphatic hydroxyl groups is 1. The number of unbranched alkanes of at least 4 members (excludes halogenated alkanes) is 4. The first-order valence-electron chi connectivity index (χ1n) is 7.51. The maximum atomic E-state index is 9.86. The predicted octanol–water partition coefficient (Wildman–Crippen LogP) is 1.24. The molecule has 1 aliphatic heterocycles. The average molecular weight is 258 g/mol. The van der Waals surface area contributed by atoms with E-state index in [0.717, 1.165) is 45.8 Å². The molecule has 1 heterocycles. The van der Waals surface area contributed by atoms with Gasteiger partial charge < -0.3 is 15.2 Å². The van der Waals surface area contributed by atoms with Crippen LogP contribution < -0.4 is 5.32 Å². The van der Waals surface area contributed by atoms with Gasteiger partial charge in [0.2, 0.25) is 0 Å². The van der Waals surface area contributed by atoms with Crippen molar-refractivity contribution in [3.63, 3.8) is 0 Å². The summed E-state index contributed by atoms with van der Waals surface area (Å²) in [4.78, 5) is 2.30. The van der Waals surface area contributed by atoms with Crippen molar-refractivity contribution < 1.29 is 9.84 Å². The minimum Gasteiger partial charge on any atom is -0.389 e. The average Bonchev–Trinajstić information content (AvgIpc) is 2.39. The summed E-state index contributed by atoms with van der Waals surface area (Å²) in [6, 6.07) is 0. The van der Waals surface area contributed by atoms with Gasteiger partial charge in [-0.05, 0) is 6.42 Å². The van der Waals surface area contributed by atoms with Crippen LogP contribution in [0.2, 0.25) is 0 Å². The van der Waals surface area contributed by atoms with Crippen LogP contribution in [0.3, 0.4) is 0 Å². The van der Waals surface area contributed by atoms with Gasteiger partial charge in [0.05, 0.1) is 12.7 Å². The zero-order valence-electron chi connectivity index (χ0n) is 11.9. The van der Waals surface area contributed by atoms with Crippen LogP contribution in [0.15, 0.2) is 0 Å². The van der Waals surface area contributed by atoms with Gasteiger partial charge in [0.1, 0.15) is 0 Å². The zero-order chi connectivity index (χ0) is 13.1. The lowest BCUT2D eigenvalue weighted by molar-refractivity contribution is 0.0136. The highest BCUT2D eigenvalue weighted by Gasteiger charge is 2.13. The van der Waals surface area contributed by atoms with Gasteiger partial charge in [0.25, 0.3) is 0 Å². The Hall–Kier alpha value is -0.160. The van der Waals surface area contributed by atoms with Crippen LogP contribution in [0.25, 0.3) is 0 Å². The summed E-state index contributed by atoms with van der Waals surface area (Å²) in [5.41, 5.74) is 0. The molecule has 0 aromatic carbocycles. The molecule has 1 atom stereocenters. The number of ether oxygens (including phenoxy) is 1. The van der Waals surface area contributed by atoms with Crippen molar-refractivity contribution in [2.24, 2.45) is 0 Å². The van der Waals surface area contributed by atoms with Crippen LogP contribution in [0.5, 0.6) is 0 Å². The second kappa shape index (κ2) is 10.7. The summed E-state index contributed by atoms with van der Waals surface area (Å²) < 4.78 is 5.52. The highest BCUT2D eigenvalue weighted by atomic mass is 16.5. The summed E-state index contributed by atoms with van der Waals surface area (Å²) in [5, 5.41) is 13.2. The molecule has 0 bridgehead atoms. The van der Waals surface area contributed by atoms with E-state index in [0.29, 0.717) is 6.61 Å². The highest BCUT2D eigenvalue weighted by molar-refractivity contribution is 4.70. The van der Waals surface area contributed by atoms with E-state index >= 15 is 0 Å². The number of hydrogen-bond acceptors (Lipinski definition) is 4. The largest absolute Gasteiger partial charge is 0.389 e. The molecular formula is C14H30N2O2. The number of β-amino-alcohol motifs (C(OH)–C–C–N with tert-alkyl or cyclic N) is 1. The topological polar surface area (TPSA) is 44.7 Å². The monoisotopic (exact) mass is 258 g/mol. The van der Waals surface area contributed by atoms with Crippen LogP contribution in [0.4, 0.5) is 0 Å². The molecule has 1 aliphatic rings. The molecule has 0 radical (unpaired) electrons. The Labute approximate surface area is 112 Å². The minimum atomic E-state index is -0.334. The molecule has 1 unspecified atom stereocenters. The van der Waals surface area contributed by atoms with Crippen LogP contribution in [0.1, 0.15) is 39.0 Å². The van der Waals surface area contributed by atoms with Gasteiger partial charge in [-0.1, -0.05) is 32.6 Å². The van der Waals surface area contributed by atoms with E-state index in [1.54, 1.807) is 0 Å². The normalized spacial score (nSPS) is 19.0. The van der Waals surface area contributed by atoms with E-state index in [1.807, 2.05) is 0 Å². The lowest BCUT2D eigenvalue weighted by atomic mass is 10.2. The number of piperazine rings is 1. The quantitative estimate of drug-likeness (QED) is 0.579. The Kier molecular flexibility index (Phi) is 9.48. The Morgan fingerprint density at radius 3 is 2.61 bits per heavy atom. The fraction of sp³-hybridized carbons (Fsp3) is 1.00. The fourth-order valence-corrected chi connectivity index (χ4v) is 2.27. The number of aliphatic hydroxyl groups excluding tert-OH is 1. The molecule has 108 valence electrons. The van der Waals surface area contributed by atoms with Crippen molar-refractivity contribution in [1.82, 2.24) is 10.2 Å². The first-order chi connectivity index (χ1) is 8.83. The molecule has 18 heavy (non-hydrogen) atoms. The third-order valence-corrected chi connectivity index (χ3v) is 3.38. The van der Waals surface area contributed by atoms with Crippen LogP contribution in [-0.2, 0) is 4.74 Å². The van der Waals surface area contributed by atoms with Crippen molar-refractivity contribution in [3.05, 3.63) is 0 Å². The van der Waals surface area contributed by atoms with Gasteiger partial charge in [0.15, 0.2) is 0 Å². The summed E-state index contributed by atoms with van der Waals surface area (Å²) in [5.74, 6) is 0. The SMILES string of the molecule is CCCCCCCOCC(O)CN1CCNCC1. The molecule has 0 amide bonds.